The minimum atomic E-state index is -0.300. The van der Waals surface area contributed by atoms with Gasteiger partial charge in [-0.25, -0.2) is 0 Å². The molecule has 0 radical (unpaired) electrons. The molecule has 1 aromatic heterocycles. The lowest BCUT2D eigenvalue weighted by molar-refractivity contribution is 0.0951. The van der Waals surface area contributed by atoms with Gasteiger partial charge in [-0.3, -0.25) is 14.5 Å². The van der Waals surface area contributed by atoms with Gasteiger partial charge >= 0.3 is 0 Å². The highest BCUT2D eigenvalue weighted by atomic mass is 16.3. The Hall–Kier alpha value is -3.03. The van der Waals surface area contributed by atoms with Crippen molar-refractivity contribution < 1.29 is 9.90 Å². The van der Waals surface area contributed by atoms with E-state index in [9.17, 15) is 9.90 Å². The summed E-state index contributed by atoms with van der Waals surface area (Å²) in [4.78, 5) is 16.5. The molecule has 8 heteroatoms. The van der Waals surface area contributed by atoms with E-state index in [1.165, 1.54) is 6.07 Å². The smallest absolute Gasteiger partial charge is 0.255 e. The molecule has 0 saturated carbocycles. The lowest BCUT2D eigenvalue weighted by Crippen LogP contribution is -2.41. The Bertz CT molecular complexity index is 699. The van der Waals surface area contributed by atoms with Crippen LogP contribution in [0.5, 0.6) is 5.75 Å². The predicted molar refractivity (Wildman–Crippen MR) is 101 cm³/mol. The highest BCUT2D eigenvalue weighted by Crippen LogP contribution is 2.14. The average Bonchev–Trinajstić information content (AvgIpc) is 3.16. The molecule has 0 aliphatic heterocycles. The average molecular weight is 358 g/mol. The van der Waals surface area contributed by atoms with Crippen LogP contribution in [0.3, 0.4) is 0 Å². The maximum atomic E-state index is 12.0. The second-order valence-corrected chi connectivity index (χ2v) is 5.58. The predicted octanol–water partition coefficient (Wildman–Crippen LogP) is 0.964. The third-order valence-electron chi connectivity index (χ3n) is 3.57. The molecule has 0 saturated heterocycles. The van der Waals surface area contributed by atoms with Gasteiger partial charge in [-0.1, -0.05) is 12.1 Å². The number of aryl methyl sites for hydroxylation is 1. The Balaban J connectivity index is 1.69. The van der Waals surface area contributed by atoms with Crippen LogP contribution < -0.4 is 16.0 Å². The number of phenolic OH excluding ortho intramolecular Hbond substituents is 1. The Kier molecular flexibility index (Phi) is 7.98. The first kappa shape index (κ1) is 19.3. The molecule has 26 heavy (non-hydrogen) atoms. The lowest BCUT2D eigenvalue weighted by Gasteiger charge is -2.12. The van der Waals surface area contributed by atoms with Crippen LogP contribution in [0.4, 0.5) is 0 Å². The van der Waals surface area contributed by atoms with Crippen molar-refractivity contribution in [3.63, 3.8) is 0 Å². The number of carbonyl (C=O) groups excluding carboxylic acids is 1. The molecule has 4 N–H and O–H groups in total. The number of aromatic hydroxyl groups is 1. The molecule has 1 amide bonds. The number of phenols is 1. The molecule has 0 atom stereocenters. The van der Waals surface area contributed by atoms with Gasteiger partial charge in [0.15, 0.2) is 5.96 Å². The molecule has 0 bridgehead atoms. The third kappa shape index (κ3) is 6.46. The van der Waals surface area contributed by atoms with Crippen LogP contribution in [-0.4, -0.2) is 52.9 Å². The number of benzene rings is 1. The van der Waals surface area contributed by atoms with E-state index >= 15 is 0 Å². The van der Waals surface area contributed by atoms with E-state index in [0.29, 0.717) is 25.6 Å². The van der Waals surface area contributed by atoms with Crippen molar-refractivity contribution in [3.05, 3.63) is 48.3 Å². The van der Waals surface area contributed by atoms with Gasteiger partial charge in [0.2, 0.25) is 0 Å². The summed E-state index contributed by atoms with van der Waals surface area (Å²) in [6.45, 7) is 5.22. The zero-order chi connectivity index (χ0) is 18.6. The van der Waals surface area contributed by atoms with E-state index in [-0.39, 0.29) is 17.2 Å². The topological polar surface area (TPSA) is 104 Å². The van der Waals surface area contributed by atoms with Gasteiger partial charge in [0, 0.05) is 45.1 Å². The molecule has 0 unspecified atom stereocenters. The molecule has 8 nitrogen and oxygen atoms in total. The van der Waals surface area contributed by atoms with Crippen molar-refractivity contribution >= 4 is 11.9 Å². The summed E-state index contributed by atoms with van der Waals surface area (Å²) in [5.41, 5.74) is 0.270. The summed E-state index contributed by atoms with van der Waals surface area (Å²) in [7, 11) is 0. The maximum absolute atomic E-state index is 12.0. The highest BCUT2D eigenvalue weighted by molar-refractivity contribution is 5.96. The second kappa shape index (κ2) is 10.8. The minimum Gasteiger partial charge on any atom is -0.507 e. The van der Waals surface area contributed by atoms with Crippen molar-refractivity contribution in [1.29, 1.82) is 0 Å². The maximum Gasteiger partial charge on any atom is 0.255 e. The van der Waals surface area contributed by atoms with Crippen molar-refractivity contribution in [2.45, 2.75) is 19.9 Å². The number of rotatable bonds is 9. The van der Waals surface area contributed by atoms with E-state index in [4.69, 9.17) is 0 Å². The molecule has 140 valence electrons. The third-order valence-corrected chi connectivity index (χ3v) is 3.57. The van der Waals surface area contributed by atoms with E-state index in [1.807, 2.05) is 23.9 Å². The van der Waals surface area contributed by atoms with Crippen molar-refractivity contribution in [3.8, 4) is 5.75 Å². The summed E-state index contributed by atoms with van der Waals surface area (Å²) in [5, 5.41) is 22.9. The van der Waals surface area contributed by atoms with Crippen LogP contribution in [0.25, 0.3) is 0 Å². The number of nitrogens with zero attached hydrogens (tertiary/aromatic N) is 3. The molecule has 0 spiro atoms. The first-order valence-corrected chi connectivity index (χ1v) is 8.76. The molecular weight excluding hydrogens is 332 g/mol. The largest absolute Gasteiger partial charge is 0.507 e. The number of carbonyl (C=O) groups is 1. The van der Waals surface area contributed by atoms with Gasteiger partial charge < -0.3 is 21.1 Å². The number of aromatic nitrogens is 2. The molecule has 1 heterocycles. The van der Waals surface area contributed by atoms with Gasteiger partial charge in [-0.15, -0.1) is 0 Å². The number of nitrogens with one attached hydrogen (secondary N) is 3. The second-order valence-electron chi connectivity index (χ2n) is 5.58. The summed E-state index contributed by atoms with van der Waals surface area (Å²) in [5.74, 6) is 0.390. The van der Waals surface area contributed by atoms with Crippen molar-refractivity contribution in [1.82, 2.24) is 25.7 Å². The summed E-state index contributed by atoms with van der Waals surface area (Å²) >= 11 is 0. The Morgan fingerprint density at radius 1 is 1.19 bits per heavy atom. The van der Waals surface area contributed by atoms with Crippen molar-refractivity contribution in [2.24, 2.45) is 4.99 Å². The number of guanidine groups is 1. The summed E-state index contributed by atoms with van der Waals surface area (Å²) < 4.78 is 1.88. The Morgan fingerprint density at radius 3 is 2.73 bits per heavy atom. The minimum absolute atomic E-state index is 0.0231. The SMILES string of the molecule is CCNC(=NCCCn1cccn1)NCCNC(=O)c1ccccc1O. The van der Waals surface area contributed by atoms with Gasteiger partial charge in [0.05, 0.1) is 5.56 Å². The normalized spacial score (nSPS) is 11.2. The van der Waals surface area contributed by atoms with Crippen LogP contribution in [0, 0.1) is 0 Å². The Morgan fingerprint density at radius 2 is 2.00 bits per heavy atom. The monoisotopic (exact) mass is 358 g/mol. The molecular formula is C18H26N6O2. The number of aliphatic imine (C=N–C) groups is 1. The standard InChI is InChI=1S/C18H26N6O2/c1-2-19-18(21-9-5-13-24-14-6-10-23-24)22-12-11-20-17(26)15-7-3-4-8-16(15)25/h3-4,6-8,10,14,25H,2,5,9,11-13H2,1H3,(H,20,26)(H2,19,21,22). The van der Waals surface area contributed by atoms with Gasteiger partial charge in [-0.2, -0.15) is 5.10 Å². The highest BCUT2D eigenvalue weighted by Gasteiger charge is 2.09. The van der Waals surface area contributed by atoms with E-state index in [2.05, 4.69) is 26.0 Å². The number of hydrogen-bond donors (Lipinski definition) is 4. The van der Waals surface area contributed by atoms with Crippen molar-refractivity contribution in [2.75, 3.05) is 26.2 Å². The van der Waals surface area contributed by atoms with Gasteiger partial charge in [0.1, 0.15) is 5.75 Å². The van der Waals surface area contributed by atoms with Crippen LogP contribution >= 0.6 is 0 Å². The zero-order valence-corrected chi connectivity index (χ0v) is 15.0. The fourth-order valence-electron chi connectivity index (χ4n) is 2.32. The number of para-hydroxylation sites is 1. The molecule has 0 aliphatic carbocycles. The summed E-state index contributed by atoms with van der Waals surface area (Å²) in [6, 6.07) is 8.37. The molecule has 0 aliphatic rings. The number of hydrogen-bond acceptors (Lipinski definition) is 4. The van der Waals surface area contributed by atoms with Crippen LogP contribution in [0.1, 0.15) is 23.7 Å². The first-order chi connectivity index (χ1) is 12.7. The zero-order valence-electron chi connectivity index (χ0n) is 15.0. The molecule has 1 aromatic carbocycles. The molecule has 2 aromatic rings. The van der Waals surface area contributed by atoms with Gasteiger partial charge in [-0.05, 0) is 31.5 Å². The Labute approximate surface area is 153 Å². The van der Waals surface area contributed by atoms with E-state index < -0.39 is 0 Å². The quantitative estimate of drug-likeness (QED) is 0.304. The summed E-state index contributed by atoms with van der Waals surface area (Å²) in [6.07, 6.45) is 4.58. The number of amides is 1. The van der Waals surface area contributed by atoms with E-state index in [0.717, 1.165) is 19.5 Å². The van der Waals surface area contributed by atoms with Crippen LogP contribution in [0.15, 0.2) is 47.7 Å². The van der Waals surface area contributed by atoms with Crippen LogP contribution in [-0.2, 0) is 6.54 Å². The fourth-order valence-corrected chi connectivity index (χ4v) is 2.32. The van der Waals surface area contributed by atoms with E-state index in [1.54, 1.807) is 24.4 Å². The van der Waals surface area contributed by atoms with Gasteiger partial charge in [0.25, 0.3) is 5.91 Å². The first-order valence-electron chi connectivity index (χ1n) is 8.76. The fraction of sp³-hybridized carbons (Fsp3) is 0.389. The molecule has 2 rings (SSSR count). The molecule has 0 fully saturated rings. The lowest BCUT2D eigenvalue weighted by atomic mass is 10.2. The van der Waals surface area contributed by atoms with Crippen LogP contribution in [0.2, 0.25) is 0 Å².